The van der Waals surface area contributed by atoms with Crippen molar-refractivity contribution < 1.29 is 0 Å². The molecule has 1 saturated carbocycles. The van der Waals surface area contributed by atoms with E-state index in [1.807, 2.05) is 0 Å². The first kappa shape index (κ1) is 12.1. The van der Waals surface area contributed by atoms with E-state index < -0.39 is 0 Å². The average Bonchev–Trinajstić information content (AvgIpc) is 2.87. The monoisotopic (exact) mass is 281 g/mol. The summed E-state index contributed by atoms with van der Waals surface area (Å²) in [4.78, 5) is 0. The van der Waals surface area contributed by atoms with Gasteiger partial charge in [-0.1, -0.05) is 41.4 Å². The number of hydrogen-bond acceptors (Lipinski definition) is 1. The van der Waals surface area contributed by atoms with Gasteiger partial charge in [0.2, 0.25) is 0 Å². The molecular weight excluding hydrogens is 262 g/mol. The summed E-state index contributed by atoms with van der Waals surface area (Å²) in [6.45, 7) is 6.51. The van der Waals surface area contributed by atoms with Gasteiger partial charge in [0.1, 0.15) is 0 Å². The molecule has 0 spiro atoms. The van der Waals surface area contributed by atoms with Crippen molar-refractivity contribution in [2.24, 2.45) is 11.7 Å². The third kappa shape index (κ3) is 1.93. The van der Waals surface area contributed by atoms with Crippen LogP contribution in [0.1, 0.15) is 42.9 Å². The maximum absolute atomic E-state index is 6.47. The predicted octanol–water partition coefficient (Wildman–Crippen LogP) is 4.04. The van der Waals surface area contributed by atoms with E-state index in [4.69, 9.17) is 5.73 Å². The smallest absolute Gasteiger partial charge is 0.0442 e. The average molecular weight is 282 g/mol. The van der Waals surface area contributed by atoms with Gasteiger partial charge in [0, 0.05) is 10.0 Å². The number of nitrogens with two attached hydrogens (primary N) is 1. The van der Waals surface area contributed by atoms with Gasteiger partial charge in [0.05, 0.1) is 0 Å². The molecule has 16 heavy (non-hydrogen) atoms. The summed E-state index contributed by atoms with van der Waals surface area (Å²) < 4.78 is 1.22. The highest BCUT2D eigenvalue weighted by atomic mass is 79.9. The molecule has 0 saturated heterocycles. The van der Waals surface area contributed by atoms with E-state index in [-0.39, 0.29) is 5.54 Å². The summed E-state index contributed by atoms with van der Waals surface area (Å²) in [6, 6.07) is 4.49. The molecule has 2 unspecified atom stereocenters. The molecule has 1 nitrogen and oxygen atoms in total. The second-order valence-electron chi connectivity index (χ2n) is 5.15. The molecule has 0 aromatic heterocycles. The zero-order valence-corrected chi connectivity index (χ0v) is 11.9. The van der Waals surface area contributed by atoms with Crippen LogP contribution in [-0.2, 0) is 5.54 Å². The Bertz CT molecular complexity index is 390. The summed E-state index contributed by atoms with van der Waals surface area (Å²) in [5.74, 6) is 0.692. The Balaban J connectivity index is 2.29. The molecule has 1 aromatic carbocycles. The Morgan fingerprint density at radius 2 is 1.94 bits per heavy atom. The van der Waals surface area contributed by atoms with Crippen molar-refractivity contribution in [3.05, 3.63) is 33.3 Å². The molecule has 2 rings (SSSR count). The van der Waals surface area contributed by atoms with Gasteiger partial charge in [-0.05, 0) is 49.3 Å². The quantitative estimate of drug-likeness (QED) is 0.889. The third-order valence-electron chi connectivity index (χ3n) is 3.76. The second kappa shape index (κ2) is 4.15. The molecule has 1 aliphatic rings. The molecule has 1 aromatic rings. The van der Waals surface area contributed by atoms with Gasteiger partial charge in [-0.3, -0.25) is 0 Å². The molecule has 2 heteroatoms. The van der Waals surface area contributed by atoms with Crippen LogP contribution >= 0.6 is 15.9 Å². The number of rotatable bonds is 3. The second-order valence-corrected chi connectivity index (χ2v) is 5.95. The Morgan fingerprint density at radius 1 is 1.38 bits per heavy atom. The highest BCUT2D eigenvalue weighted by molar-refractivity contribution is 9.10. The first-order chi connectivity index (χ1) is 7.49. The van der Waals surface area contributed by atoms with Crippen LogP contribution < -0.4 is 5.73 Å². The third-order valence-corrected chi connectivity index (χ3v) is 5.01. The highest BCUT2D eigenvalue weighted by Crippen LogP contribution is 2.52. The van der Waals surface area contributed by atoms with Crippen LogP contribution in [0.5, 0.6) is 0 Å². The normalized spacial score (nSPS) is 28.2. The standard InChI is InChI=1S/C14H20BrN/c1-4-5-11-8-14(11,16)12-6-9(2)13(15)10(3)7-12/h6-7,11H,4-5,8,16H2,1-3H3. The summed E-state index contributed by atoms with van der Waals surface area (Å²) in [7, 11) is 0. The van der Waals surface area contributed by atoms with Gasteiger partial charge in [0.15, 0.2) is 0 Å². The first-order valence-electron chi connectivity index (χ1n) is 6.05. The molecule has 0 amide bonds. The number of halogens is 1. The molecule has 0 bridgehead atoms. The summed E-state index contributed by atoms with van der Waals surface area (Å²) in [6.07, 6.45) is 3.64. The van der Waals surface area contributed by atoms with E-state index in [0.717, 1.165) is 6.42 Å². The first-order valence-corrected chi connectivity index (χ1v) is 6.84. The van der Waals surface area contributed by atoms with Crippen LogP contribution in [0.2, 0.25) is 0 Å². The Kier molecular flexibility index (Phi) is 3.15. The van der Waals surface area contributed by atoms with Crippen LogP contribution in [0.3, 0.4) is 0 Å². The zero-order chi connectivity index (χ0) is 11.9. The Labute approximate surface area is 107 Å². The summed E-state index contributed by atoms with van der Waals surface area (Å²) in [5.41, 5.74) is 10.3. The number of aryl methyl sites for hydroxylation is 2. The predicted molar refractivity (Wildman–Crippen MR) is 72.5 cm³/mol. The van der Waals surface area contributed by atoms with Crippen LogP contribution in [-0.4, -0.2) is 0 Å². The lowest BCUT2D eigenvalue weighted by molar-refractivity contribution is 0.583. The van der Waals surface area contributed by atoms with Crippen LogP contribution in [0.25, 0.3) is 0 Å². The van der Waals surface area contributed by atoms with Crippen molar-refractivity contribution in [1.29, 1.82) is 0 Å². The van der Waals surface area contributed by atoms with Crippen LogP contribution in [0.15, 0.2) is 16.6 Å². The van der Waals surface area contributed by atoms with Crippen LogP contribution in [0, 0.1) is 19.8 Å². The van der Waals surface area contributed by atoms with Gasteiger partial charge < -0.3 is 5.73 Å². The van der Waals surface area contributed by atoms with Crippen LogP contribution in [0.4, 0.5) is 0 Å². The molecular formula is C14H20BrN. The lowest BCUT2D eigenvalue weighted by atomic mass is 9.97. The highest BCUT2D eigenvalue weighted by Gasteiger charge is 2.51. The fourth-order valence-electron chi connectivity index (χ4n) is 2.63. The van der Waals surface area contributed by atoms with Crippen molar-refractivity contribution >= 4 is 15.9 Å². The molecule has 1 fully saturated rings. The van der Waals surface area contributed by atoms with Gasteiger partial charge in [-0.2, -0.15) is 0 Å². The van der Waals surface area contributed by atoms with Gasteiger partial charge in [0.25, 0.3) is 0 Å². The molecule has 0 heterocycles. The zero-order valence-electron chi connectivity index (χ0n) is 10.3. The molecule has 88 valence electrons. The van der Waals surface area contributed by atoms with Gasteiger partial charge >= 0.3 is 0 Å². The van der Waals surface area contributed by atoms with E-state index >= 15 is 0 Å². The van der Waals surface area contributed by atoms with Gasteiger partial charge in [-0.25, -0.2) is 0 Å². The van der Waals surface area contributed by atoms with E-state index in [1.54, 1.807) is 0 Å². The van der Waals surface area contributed by atoms with Crippen molar-refractivity contribution in [1.82, 2.24) is 0 Å². The van der Waals surface area contributed by atoms with Crippen molar-refractivity contribution in [2.45, 2.75) is 45.6 Å². The van der Waals surface area contributed by atoms with Crippen molar-refractivity contribution in [2.75, 3.05) is 0 Å². The van der Waals surface area contributed by atoms with Crippen molar-refractivity contribution in [3.63, 3.8) is 0 Å². The molecule has 1 aliphatic carbocycles. The van der Waals surface area contributed by atoms with E-state index in [1.165, 1.54) is 34.0 Å². The minimum Gasteiger partial charge on any atom is -0.321 e. The van der Waals surface area contributed by atoms with E-state index in [0.29, 0.717) is 5.92 Å². The largest absolute Gasteiger partial charge is 0.321 e. The van der Waals surface area contributed by atoms with E-state index in [2.05, 4.69) is 48.8 Å². The van der Waals surface area contributed by atoms with E-state index in [9.17, 15) is 0 Å². The minimum absolute atomic E-state index is 0.0355. The molecule has 0 radical (unpaired) electrons. The fourth-order valence-corrected chi connectivity index (χ4v) is 2.85. The lowest BCUT2D eigenvalue weighted by Gasteiger charge is -2.15. The number of hydrogen-bond donors (Lipinski definition) is 1. The maximum atomic E-state index is 6.47. The molecule has 0 aliphatic heterocycles. The minimum atomic E-state index is -0.0355. The fraction of sp³-hybridized carbons (Fsp3) is 0.571. The van der Waals surface area contributed by atoms with Crippen molar-refractivity contribution in [3.8, 4) is 0 Å². The Hall–Kier alpha value is -0.340. The maximum Gasteiger partial charge on any atom is 0.0442 e. The lowest BCUT2D eigenvalue weighted by Crippen LogP contribution is -2.22. The summed E-state index contributed by atoms with van der Waals surface area (Å²) in [5, 5.41) is 0. The SMILES string of the molecule is CCCC1CC1(N)c1cc(C)c(Br)c(C)c1. The van der Waals surface area contributed by atoms with Gasteiger partial charge in [-0.15, -0.1) is 0 Å². The Morgan fingerprint density at radius 3 is 2.44 bits per heavy atom. The molecule has 2 atom stereocenters. The summed E-state index contributed by atoms with van der Waals surface area (Å²) >= 11 is 3.61. The molecule has 2 N–H and O–H groups in total. The topological polar surface area (TPSA) is 26.0 Å². The number of benzene rings is 1.